The van der Waals surface area contributed by atoms with Crippen molar-refractivity contribution in [2.45, 2.75) is 75.1 Å². The van der Waals surface area contributed by atoms with E-state index in [-0.39, 0.29) is 12.3 Å². The number of amides is 1. The number of aliphatic hydroxyl groups excluding tert-OH is 1. The Morgan fingerprint density at radius 3 is 2.67 bits per heavy atom. The third-order valence-electron chi connectivity index (χ3n) is 4.58. The standard InChI is InChI=1S/C16H29N3O4S/c20-13(17-9-5-1-2-8-14(21)22)7-4-3-6-12-15-11(10-24-12)18-16(23)19-15/h11-12,15-16,18-19,23H,1-10H2,(H,17,20)(H,21,22). The molecule has 0 radical (unpaired) electrons. The summed E-state index contributed by atoms with van der Waals surface area (Å²) in [6.45, 7) is 0.633. The zero-order valence-corrected chi connectivity index (χ0v) is 14.8. The van der Waals surface area contributed by atoms with Gasteiger partial charge in [0.1, 0.15) is 0 Å². The summed E-state index contributed by atoms with van der Waals surface area (Å²) in [5.41, 5.74) is 0. The van der Waals surface area contributed by atoms with E-state index in [1.165, 1.54) is 0 Å². The van der Waals surface area contributed by atoms with Gasteiger partial charge in [-0.15, -0.1) is 0 Å². The number of carbonyl (C=O) groups excluding carboxylic acids is 1. The average Bonchev–Trinajstić information content (AvgIpc) is 3.06. The average molecular weight is 359 g/mol. The minimum absolute atomic E-state index is 0.0845. The highest BCUT2D eigenvalue weighted by Gasteiger charge is 2.42. The van der Waals surface area contributed by atoms with Crippen LogP contribution in [0.4, 0.5) is 0 Å². The van der Waals surface area contributed by atoms with Gasteiger partial charge in [0.05, 0.1) is 0 Å². The molecule has 0 aliphatic carbocycles. The van der Waals surface area contributed by atoms with Gasteiger partial charge in [-0.25, -0.2) is 0 Å². The van der Waals surface area contributed by atoms with Crippen molar-refractivity contribution in [2.24, 2.45) is 0 Å². The highest BCUT2D eigenvalue weighted by atomic mass is 32.2. The van der Waals surface area contributed by atoms with E-state index in [1.807, 2.05) is 11.8 Å². The Morgan fingerprint density at radius 2 is 1.88 bits per heavy atom. The van der Waals surface area contributed by atoms with E-state index in [0.29, 0.717) is 36.7 Å². The summed E-state index contributed by atoms with van der Waals surface area (Å²) in [5, 5.41) is 27.8. The van der Waals surface area contributed by atoms with Gasteiger partial charge in [0, 0.05) is 42.5 Å². The van der Waals surface area contributed by atoms with Crippen molar-refractivity contribution in [3.8, 4) is 0 Å². The van der Waals surface area contributed by atoms with Crippen LogP contribution in [-0.4, -0.2) is 58.1 Å². The zero-order valence-electron chi connectivity index (χ0n) is 14.0. The van der Waals surface area contributed by atoms with Gasteiger partial charge in [0.15, 0.2) is 6.35 Å². The Kier molecular flexibility index (Phi) is 8.31. The van der Waals surface area contributed by atoms with Crippen LogP contribution in [0.25, 0.3) is 0 Å². The number of aliphatic carboxylic acids is 1. The topological polar surface area (TPSA) is 111 Å². The molecule has 138 valence electrons. The fraction of sp³-hybridized carbons (Fsp3) is 0.875. The molecule has 0 aromatic rings. The van der Waals surface area contributed by atoms with Crippen LogP contribution in [0.1, 0.15) is 51.4 Å². The van der Waals surface area contributed by atoms with Crippen molar-refractivity contribution >= 4 is 23.6 Å². The molecule has 2 rings (SSSR count). The molecule has 7 nitrogen and oxygen atoms in total. The van der Waals surface area contributed by atoms with E-state index in [2.05, 4.69) is 16.0 Å². The summed E-state index contributed by atoms with van der Waals surface area (Å²) < 4.78 is 0. The normalized spacial score (nSPS) is 28.7. The number of hydrogen-bond donors (Lipinski definition) is 5. The minimum atomic E-state index is -0.760. The van der Waals surface area contributed by atoms with Crippen molar-refractivity contribution < 1.29 is 19.8 Å². The molecule has 2 aliphatic rings. The van der Waals surface area contributed by atoms with E-state index < -0.39 is 12.3 Å². The van der Waals surface area contributed by atoms with Crippen molar-refractivity contribution in [3.63, 3.8) is 0 Å². The lowest BCUT2D eigenvalue weighted by molar-refractivity contribution is -0.137. The first-order chi connectivity index (χ1) is 11.6. The van der Waals surface area contributed by atoms with Gasteiger partial charge in [-0.2, -0.15) is 11.8 Å². The monoisotopic (exact) mass is 359 g/mol. The van der Waals surface area contributed by atoms with Crippen LogP contribution in [0.15, 0.2) is 0 Å². The van der Waals surface area contributed by atoms with Crippen LogP contribution < -0.4 is 16.0 Å². The second-order valence-corrected chi connectivity index (χ2v) is 7.81. The molecule has 24 heavy (non-hydrogen) atoms. The summed E-state index contributed by atoms with van der Waals surface area (Å²) in [7, 11) is 0. The van der Waals surface area contributed by atoms with Crippen LogP contribution in [0.2, 0.25) is 0 Å². The molecule has 5 N–H and O–H groups in total. The van der Waals surface area contributed by atoms with Gasteiger partial charge in [0.25, 0.3) is 0 Å². The fourth-order valence-corrected chi connectivity index (χ4v) is 4.86. The molecule has 1 amide bonds. The van der Waals surface area contributed by atoms with E-state index in [4.69, 9.17) is 5.11 Å². The second kappa shape index (κ2) is 10.2. The number of carboxylic acid groups (broad SMARTS) is 1. The molecule has 2 saturated heterocycles. The first kappa shape index (κ1) is 19.5. The zero-order chi connectivity index (χ0) is 17.4. The number of hydrogen-bond acceptors (Lipinski definition) is 6. The molecule has 4 unspecified atom stereocenters. The van der Waals surface area contributed by atoms with Gasteiger partial charge in [-0.05, 0) is 25.7 Å². The van der Waals surface area contributed by atoms with Gasteiger partial charge in [-0.1, -0.05) is 12.8 Å². The Bertz CT molecular complexity index is 424. The maximum Gasteiger partial charge on any atom is 0.303 e. The van der Waals surface area contributed by atoms with Crippen molar-refractivity contribution in [1.82, 2.24) is 16.0 Å². The number of carboxylic acids is 1. The summed E-state index contributed by atoms with van der Waals surface area (Å²) in [5.74, 6) is 0.354. The lowest BCUT2D eigenvalue weighted by Gasteiger charge is -2.17. The van der Waals surface area contributed by atoms with Crippen LogP contribution in [0, 0.1) is 0 Å². The van der Waals surface area contributed by atoms with Gasteiger partial charge < -0.3 is 15.5 Å². The van der Waals surface area contributed by atoms with Gasteiger partial charge in [0.2, 0.25) is 5.91 Å². The number of nitrogens with one attached hydrogen (secondary N) is 3. The molecule has 2 aliphatic heterocycles. The predicted molar refractivity (Wildman–Crippen MR) is 93.7 cm³/mol. The second-order valence-electron chi connectivity index (χ2n) is 6.54. The number of unbranched alkanes of at least 4 members (excludes halogenated alkanes) is 3. The number of carbonyl (C=O) groups is 2. The number of fused-ring (bicyclic) bond motifs is 1. The maximum atomic E-state index is 11.7. The van der Waals surface area contributed by atoms with E-state index in [0.717, 1.165) is 37.9 Å². The quantitative estimate of drug-likeness (QED) is 0.344. The Labute approximate surface area is 147 Å². The van der Waals surface area contributed by atoms with Crippen molar-refractivity contribution in [2.75, 3.05) is 12.3 Å². The Balaban J connectivity index is 1.44. The summed E-state index contributed by atoms with van der Waals surface area (Å²) in [4.78, 5) is 22.1. The van der Waals surface area contributed by atoms with Crippen LogP contribution in [-0.2, 0) is 9.59 Å². The summed E-state index contributed by atoms with van der Waals surface area (Å²) >= 11 is 1.94. The number of thioether (sulfide) groups is 1. The minimum Gasteiger partial charge on any atom is -0.481 e. The predicted octanol–water partition coefficient (Wildman–Crippen LogP) is 0.629. The third kappa shape index (κ3) is 6.58. The van der Waals surface area contributed by atoms with Crippen LogP contribution in [0.5, 0.6) is 0 Å². The summed E-state index contributed by atoms with van der Waals surface area (Å²) in [6.07, 6.45) is 5.48. The lowest BCUT2D eigenvalue weighted by Crippen LogP contribution is -2.38. The fourth-order valence-electron chi connectivity index (χ4n) is 3.29. The SMILES string of the molecule is O=C(O)CCCCCNC(=O)CCCCC1SCC2NC(O)NC21. The van der Waals surface area contributed by atoms with E-state index in [9.17, 15) is 14.7 Å². The highest BCUT2D eigenvalue weighted by Crippen LogP contribution is 2.33. The first-order valence-corrected chi connectivity index (χ1v) is 9.91. The molecular formula is C16H29N3O4S. The largest absolute Gasteiger partial charge is 0.481 e. The molecule has 0 aromatic carbocycles. The Morgan fingerprint density at radius 1 is 1.08 bits per heavy atom. The molecule has 2 fully saturated rings. The molecule has 8 heteroatoms. The molecule has 0 saturated carbocycles. The third-order valence-corrected chi connectivity index (χ3v) is 6.09. The molecule has 0 spiro atoms. The number of aliphatic hydroxyl groups is 1. The van der Waals surface area contributed by atoms with E-state index in [1.54, 1.807) is 0 Å². The van der Waals surface area contributed by atoms with Crippen LogP contribution >= 0.6 is 11.8 Å². The molecular weight excluding hydrogens is 330 g/mol. The van der Waals surface area contributed by atoms with E-state index >= 15 is 0 Å². The first-order valence-electron chi connectivity index (χ1n) is 8.86. The molecule has 2 heterocycles. The maximum absolute atomic E-state index is 11.7. The van der Waals surface area contributed by atoms with Gasteiger partial charge >= 0.3 is 5.97 Å². The van der Waals surface area contributed by atoms with Crippen molar-refractivity contribution in [1.29, 1.82) is 0 Å². The smallest absolute Gasteiger partial charge is 0.303 e. The highest BCUT2D eigenvalue weighted by molar-refractivity contribution is 8.00. The van der Waals surface area contributed by atoms with Crippen molar-refractivity contribution in [3.05, 3.63) is 0 Å². The Hall–Kier alpha value is -0.830. The molecule has 0 bridgehead atoms. The molecule has 4 atom stereocenters. The lowest BCUT2D eigenvalue weighted by atomic mass is 10.0. The van der Waals surface area contributed by atoms with Crippen LogP contribution in [0.3, 0.4) is 0 Å². The summed E-state index contributed by atoms with van der Waals surface area (Å²) in [6, 6.07) is 0.698. The number of rotatable bonds is 11. The van der Waals surface area contributed by atoms with Gasteiger partial charge in [-0.3, -0.25) is 20.2 Å². The molecule has 0 aromatic heterocycles.